The van der Waals surface area contributed by atoms with Gasteiger partial charge in [0.1, 0.15) is 0 Å². The molecule has 5 heteroatoms. The molecule has 5 nitrogen and oxygen atoms in total. The molecule has 0 spiro atoms. The maximum atomic E-state index is 5.47. The van der Waals surface area contributed by atoms with Gasteiger partial charge in [0.25, 0.3) is 0 Å². The summed E-state index contributed by atoms with van der Waals surface area (Å²) in [5.74, 6) is 1.57. The van der Waals surface area contributed by atoms with Gasteiger partial charge in [-0.3, -0.25) is 4.90 Å². The summed E-state index contributed by atoms with van der Waals surface area (Å²) in [5, 5.41) is 4.01. The summed E-state index contributed by atoms with van der Waals surface area (Å²) in [6.07, 6.45) is 5.13. The average molecular weight is 252 g/mol. The first kappa shape index (κ1) is 13.5. The molecule has 1 aliphatic heterocycles. The molecule has 1 aromatic heterocycles. The Kier molecular flexibility index (Phi) is 4.72. The van der Waals surface area contributed by atoms with Crippen molar-refractivity contribution in [1.82, 2.24) is 15.0 Å². The number of rotatable bonds is 6. The second-order valence-corrected chi connectivity index (χ2v) is 5.33. The lowest BCUT2D eigenvalue weighted by Gasteiger charge is -2.27. The van der Waals surface area contributed by atoms with E-state index >= 15 is 0 Å². The standard InChI is InChI=1S/C13H24N4O/c1-10(2)17-8-4-5-11(17)9-13-15-12(16-18-13)6-3-7-14/h10-11H,3-9,14H2,1-2H3. The third-order valence-corrected chi connectivity index (χ3v) is 3.61. The third kappa shape index (κ3) is 3.29. The SMILES string of the molecule is CC(C)N1CCCC1Cc1nc(CCCN)no1. The molecule has 2 rings (SSSR count). The Morgan fingerprint density at radius 1 is 1.50 bits per heavy atom. The predicted molar refractivity (Wildman–Crippen MR) is 70.2 cm³/mol. The summed E-state index contributed by atoms with van der Waals surface area (Å²) < 4.78 is 5.32. The quantitative estimate of drug-likeness (QED) is 0.828. The fraction of sp³-hybridized carbons (Fsp3) is 0.846. The van der Waals surface area contributed by atoms with Crippen LogP contribution >= 0.6 is 0 Å². The summed E-state index contributed by atoms with van der Waals surface area (Å²) in [5.41, 5.74) is 5.47. The van der Waals surface area contributed by atoms with E-state index in [4.69, 9.17) is 10.3 Å². The Morgan fingerprint density at radius 3 is 3.06 bits per heavy atom. The Labute approximate surface area is 109 Å². The van der Waals surface area contributed by atoms with Crippen LogP contribution in [0.3, 0.4) is 0 Å². The van der Waals surface area contributed by atoms with Gasteiger partial charge in [-0.25, -0.2) is 0 Å². The highest BCUT2D eigenvalue weighted by Gasteiger charge is 2.28. The Morgan fingerprint density at radius 2 is 2.33 bits per heavy atom. The Balaban J connectivity index is 1.90. The van der Waals surface area contributed by atoms with Crippen LogP contribution in [0, 0.1) is 0 Å². The molecule has 0 aliphatic carbocycles. The van der Waals surface area contributed by atoms with Crippen molar-refractivity contribution in [3.8, 4) is 0 Å². The zero-order valence-electron chi connectivity index (χ0n) is 11.4. The van der Waals surface area contributed by atoms with E-state index < -0.39 is 0 Å². The van der Waals surface area contributed by atoms with Crippen molar-refractivity contribution >= 4 is 0 Å². The number of likely N-dealkylation sites (tertiary alicyclic amines) is 1. The molecule has 0 bridgehead atoms. The number of aromatic nitrogens is 2. The first-order valence-electron chi connectivity index (χ1n) is 6.98. The minimum absolute atomic E-state index is 0.563. The number of nitrogens with zero attached hydrogens (tertiary/aromatic N) is 3. The molecule has 1 unspecified atom stereocenters. The number of hydrogen-bond acceptors (Lipinski definition) is 5. The Bertz CT molecular complexity index is 364. The highest BCUT2D eigenvalue weighted by molar-refractivity contribution is 4.93. The van der Waals surface area contributed by atoms with Crippen LogP contribution in [0.25, 0.3) is 0 Å². The van der Waals surface area contributed by atoms with Gasteiger partial charge >= 0.3 is 0 Å². The monoisotopic (exact) mass is 252 g/mol. The van der Waals surface area contributed by atoms with E-state index in [1.165, 1.54) is 19.4 Å². The van der Waals surface area contributed by atoms with Gasteiger partial charge in [0.2, 0.25) is 5.89 Å². The lowest BCUT2D eigenvalue weighted by Crippen LogP contribution is -2.36. The minimum atomic E-state index is 0.563. The molecule has 102 valence electrons. The fourth-order valence-electron chi connectivity index (χ4n) is 2.69. The average Bonchev–Trinajstić information content (AvgIpc) is 2.96. The van der Waals surface area contributed by atoms with Crippen LogP contribution in [0.5, 0.6) is 0 Å². The summed E-state index contributed by atoms with van der Waals surface area (Å²) >= 11 is 0. The Hall–Kier alpha value is -0.940. The molecular formula is C13H24N4O. The molecule has 0 aromatic carbocycles. The molecule has 0 saturated carbocycles. The molecule has 1 atom stereocenters. The van der Waals surface area contributed by atoms with Crippen LogP contribution in [-0.4, -0.2) is 40.2 Å². The van der Waals surface area contributed by atoms with Gasteiger partial charge in [-0.15, -0.1) is 0 Å². The van der Waals surface area contributed by atoms with Crippen LogP contribution in [0.2, 0.25) is 0 Å². The normalized spacial score (nSPS) is 21.0. The topological polar surface area (TPSA) is 68.2 Å². The van der Waals surface area contributed by atoms with Crippen molar-refractivity contribution < 1.29 is 4.52 Å². The zero-order chi connectivity index (χ0) is 13.0. The van der Waals surface area contributed by atoms with Crippen molar-refractivity contribution in [3.05, 3.63) is 11.7 Å². The summed E-state index contributed by atoms with van der Waals surface area (Å²) in [4.78, 5) is 6.98. The van der Waals surface area contributed by atoms with Gasteiger partial charge in [0, 0.05) is 24.9 Å². The molecule has 2 heterocycles. The molecule has 0 radical (unpaired) electrons. The van der Waals surface area contributed by atoms with Crippen molar-refractivity contribution in [2.75, 3.05) is 13.1 Å². The van der Waals surface area contributed by atoms with E-state index in [-0.39, 0.29) is 0 Å². The second-order valence-electron chi connectivity index (χ2n) is 5.33. The molecular weight excluding hydrogens is 228 g/mol. The van der Waals surface area contributed by atoms with E-state index in [1.54, 1.807) is 0 Å². The molecule has 1 aromatic rings. The van der Waals surface area contributed by atoms with Crippen molar-refractivity contribution in [1.29, 1.82) is 0 Å². The van der Waals surface area contributed by atoms with Gasteiger partial charge in [-0.2, -0.15) is 4.98 Å². The van der Waals surface area contributed by atoms with Gasteiger partial charge in [0.05, 0.1) is 0 Å². The highest BCUT2D eigenvalue weighted by atomic mass is 16.5. The van der Waals surface area contributed by atoms with Crippen molar-refractivity contribution in [2.45, 2.75) is 58.0 Å². The van der Waals surface area contributed by atoms with Crippen LogP contribution in [-0.2, 0) is 12.8 Å². The van der Waals surface area contributed by atoms with Crippen molar-refractivity contribution in [3.63, 3.8) is 0 Å². The van der Waals surface area contributed by atoms with E-state index in [1.807, 2.05) is 0 Å². The summed E-state index contributed by atoms with van der Waals surface area (Å²) in [6, 6.07) is 1.16. The molecule has 1 fully saturated rings. The molecule has 2 N–H and O–H groups in total. The lowest BCUT2D eigenvalue weighted by molar-refractivity contribution is 0.192. The van der Waals surface area contributed by atoms with Crippen LogP contribution in [0.1, 0.15) is 44.8 Å². The number of hydrogen-bond donors (Lipinski definition) is 1. The van der Waals surface area contributed by atoms with E-state index in [9.17, 15) is 0 Å². The largest absolute Gasteiger partial charge is 0.339 e. The molecule has 0 amide bonds. The molecule has 1 aliphatic rings. The number of aryl methyl sites for hydroxylation is 1. The third-order valence-electron chi connectivity index (χ3n) is 3.61. The van der Waals surface area contributed by atoms with E-state index in [0.717, 1.165) is 31.0 Å². The first-order valence-corrected chi connectivity index (χ1v) is 6.98. The van der Waals surface area contributed by atoms with Crippen LogP contribution < -0.4 is 5.73 Å². The predicted octanol–water partition coefficient (Wildman–Crippen LogP) is 1.38. The van der Waals surface area contributed by atoms with E-state index in [2.05, 4.69) is 28.9 Å². The maximum absolute atomic E-state index is 5.47. The summed E-state index contributed by atoms with van der Waals surface area (Å²) in [6.45, 7) is 6.36. The first-order chi connectivity index (χ1) is 8.70. The fourth-order valence-corrected chi connectivity index (χ4v) is 2.69. The maximum Gasteiger partial charge on any atom is 0.228 e. The van der Waals surface area contributed by atoms with Crippen molar-refractivity contribution in [2.24, 2.45) is 5.73 Å². The smallest absolute Gasteiger partial charge is 0.228 e. The lowest BCUT2D eigenvalue weighted by atomic mass is 10.1. The summed E-state index contributed by atoms with van der Waals surface area (Å²) in [7, 11) is 0. The molecule has 18 heavy (non-hydrogen) atoms. The van der Waals surface area contributed by atoms with E-state index in [0.29, 0.717) is 18.6 Å². The number of nitrogens with two attached hydrogens (primary N) is 1. The van der Waals surface area contributed by atoms with Crippen LogP contribution in [0.15, 0.2) is 4.52 Å². The molecule has 1 saturated heterocycles. The second kappa shape index (κ2) is 6.29. The minimum Gasteiger partial charge on any atom is -0.339 e. The highest BCUT2D eigenvalue weighted by Crippen LogP contribution is 2.22. The zero-order valence-corrected chi connectivity index (χ0v) is 11.4. The van der Waals surface area contributed by atoms with Gasteiger partial charge in [0.15, 0.2) is 5.82 Å². The van der Waals surface area contributed by atoms with Gasteiger partial charge in [-0.1, -0.05) is 5.16 Å². The van der Waals surface area contributed by atoms with Gasteiger partial charge in [-0.05, 0) is 46.2 Å². The van der Waals surface area contributed by atoms with Crippen LogP contribution in [0.4, 0.5) is 0 Å². The van der Waals surface area contributed by atoms with Gasteiger partial charge < -0.3 is 10.3 Å².